The molecule has 4 rings (SSSR count). The van der Waals surface area contributed by atoms with Crippen LogP contribution in [-0.4, -0.2) is 69.8 Å². The summed E-state index contributed by atoms with van der Waals surface area (Å²) in [6, 6.07) is 10.9. The minimum atomic E-state index is -3.67. The lowest BCUT2D eigenvalue weighted by molar-refractivity contribution is 0.0920. The first-order valence-corrected chi connectivity index (χ1v) is 12.7. The van der Waals surface area contributed by atoms with Crippen LogP contribution in [0.5, 0.6) is 0 Å². The molecule has 1 atom stereocenters. The van der Waals surface area contributed by atoms with Crippen molar-refractivity contribution in [3.63, 3.8) is 0 Å². The quantitative estimate of drug-likeness (QED) is 0.513. The first kappa shape index (κ1) is 24.8. The van der Waals surface area contributed by atoms with Gasteiger partial charge in [0, 0.05) is 6.54 Å². The van der Waals surface area contributed by atoms with Crippen molar-refractivity contribution in [2.75, 3.05) is 42.3 Å². The Labute approximate surface area is 199 Å². The van der Waals surface area contributed by atoms with Crippen LogP contribution in [0.3, 0.4) is 0 Å². The molecule has 1 aromatic carbocycles. The number of nitrogens with one attached hydrogen (secondary N) is 2. The molecule has 33 heavy (non-hydrogen) atoms. The van der Waals surface area contributed by atoms with E-state index in [1.165, 1.54) is 11.3 Å². The second-order valence-electron chi connectivity index (χ2n) is 6.97. The summed E-state index contributed by atoms with van der Waals surface area (Å²) < 4.78 is 31.9. The Morgan fingerprint density at radius 3 is 2.64 bits per heavy atom. The van der Waals surface area contributed by atoms with E-state index in [9.17, 15) is 18.0 Å². The molecule has 0 aliphatic carbocycles. The van der Waals surface area contributed by atoms with Gasteiger partial charge in [0.25, 0.3) is 16.0 Å². The molecule has 178 valence electrons. The van der Waals surface area contributed by atoms with Crippen LogP contribution >= 0.6 is 22.9 Å². The van der Waals surface area contributed by atoms with E-state index in [1.807, 2.05) is 29.3 Å². The molecule has 2 aliphatic rings. The van der Waals surface area contributed by atoms with E-state index in [0.29, 0.717) is 28.6 Å². The Bertz CT molecular complexity index is 1130. The van der Waals surface area contributed by atoms with E-state index in [4.69, 9.17) is 20.9 Å². The van der Waals surface area contributed by atoms with Crippen molar-refractivity contribution < 1.29 is 27.3 Å². The van der Waals surface area contributed by atoms with Crippen molar-refractivity contribution in [3.8, 4) is 0 Å². The number of hydrazone groups is 1. The molecular formula is C19H22ClN5O6S2. The van der Waals surface area contributed by atoms with Gasteiger partial charge in [0.1, 0.15) is 12.4 Å². The molecule has 0 unspecified atom stereocenters. The third-order valence-electron chi connectivity index (χ3n) is 4.37. The second kappa shape index (κ2) is 10.8. The summed E-state index contributed by atoms with van der Waals surface area (Å²) in [5.74, 6) is -0.234. The number of halogens is 1. The Morgan fingerprint density at radius 1 is 1.33 bits per heavy atom. The SMILES string of the molecule is CS(=O)(=O)O.O=C(NC[C@H]1CN(c2ccccc2N2CCNC=N2)C(=O)O1)c1ccc(Cl)s1. The number of rotatable bonds is 5. The van der Waals surface area contributed by atoms with Crippen molar-refractivity contribution in [1.29, 1.82) is 0 Å². The number of carbonyl (C=O) groups excluding carboxylic acids is 2. The summed E-state index contributed by atoms with van der Waals surface area (Å²) in [5.41, 5.74) is 1.56. The molecule has 1 aromatic heterocycles. The molecule has 2 aromatic rings. The molecule has 1 fully saturated rings. The highest BCUT2D eigenvalue weighted by atomic mass is 35.5. The number of thiophene rings is 1. The summed E-state index contributed by atoms with van der Waals surface area (Å²) in [4.78, 5) is 26.7. The van der Waals surface area contributed by atoms with Crippen LogP contribution in [0.2, 0.25) is 4.34 Å². The number of ether oxygens (including phenoxy) is 1. The molecule has 0 saturated carbocycles. The lowest BCUT2D eigenvalue weighted by Gasteiger charge is -2.27. The number of para-hydroxylation sites is 2. The van der Waals surface area contributed by atoms with Crippen molar-refractivity contribution in [2.45, 2.75) is 6.10 Å². The highest BCUT2D eigenvalue weighted by Gasteiger charge is 2.34. The van der Waals surface area contributed by atoms with Crippen molar-refractivity contribution in [1.82, 2.24) is 10.6 Å². The molecule has 3 N–H and O–H groups in total. The van der Waals surface area contributed by atoms with Gasteiger partial charge in [-0.15, -0.1) is 11.3 Å². The third kappa shape index (κ3) is 7.32. The van der Waals surface area contributed by atoms with Crippen molar-refractivity contribution in [3.05, 3.63) is 45.6 Å². The zero-order valence-electron chi connectivity index (χ0n) is 17.5. The number of cyclic esters (lactones) is 1. The number of benzene rings is 1. The molecule has 0 radical (unpaired) electrons. The number of hydrogen-bond acceptors (Lipinski definition) is 9. The molecule has 0 spiro atoms. The molecule has 0 bridgehead atoms. The predicted molar refractivity (Wildman–Crippen MR) is 127 cm³/mol. The molecule has 2 amide bonds. The number of carbonyl (C=O) groups is 2. The van der Waals surface area contributed by atoms with Gasteiger partial charge in [-0.05, 0) is 24.3 Å². The minimum absolute atomic E-state index is 0.227. The van der Waals surface area contributed by atoms with Gasteiger partial charge in [-0.1, -0.05) is 23.7 Å². The van der Waals surface area contributed by atoms with Crippen molar-refractivity contribution in [2.24, 2.45) is 5.10 Å². The second-order valence-corrected chi connectivity index (χ2v) is 10.2. The van der Waals surface area contributed by atoms with Crippen LogP contribution in [-0.2, 0) is 14.9 Å². The molecule has 3 heterocycles. The zero-order chi connectivity index (χ0) is 24.0. The fourth-order valence-electron chi connectivity index (χ4n) is 3.05. The van der Waals surface area contributed by atoms with Crippen LogP contribution < -0.4 is 20.5 Å². The molecule has 2 aliphatic heterocycles. The summed E-state index contributed by atoms with van der Waals surface area (Å²) in [6.45, 7) is 2.03. The largest absolute Gasteiger partial charge is 0.442 e. The standard InChI is InChI=1S/C18H18ClN5O3S.CH4O3S/c19-16-6-5-15(28-16)17(25)21-9-12-10-23(18(26)27-12)13-3-1-2-4-14(13)24-8-7-20-11-22-24;1-5(2,3)4/h1-6,11-12H,7-10H2,(H,20,22)(H,21,25);1H3,(H,2,3,4)/t12-;/m0./s1. The Hall–Kier alpha value is -2.87. The number of amides is 2. The number of nitrogens with zero attached hydrogens (tertiary/aromatic N) is 3. The van der Waals surface area contributed by atoms with Gasteiger partial charge < -0.3 is 15.4 Å². The molecule has 11 nitrogen and oxygen atoms in total. The normalized spacial score (nSPS) is 17.7. The Balaban J connectivity index is 0.000000555. The van der Waals surface area contributed by atoms with E-state index < -0.39 is 22.3 Å². The van der Waals surface area contributed by atoms with E-state index in [-0.39, 0.29) is 12.5 Å². The highest BCUT2D eigenvalue weighted by molar-refractivity contribution is 7.85. The summed E-state index contributed by atoms with van der Waals surface area (Å²) in [6.07, 6.45) is 1.47. The van der Waals surface area contributed by atoms with Gasteiger partial charge >= 0.3 is 6.09 Å². The van der Waals surface area contributed by atoms with Gasteiger partial charge in [-0.2, -0.15) is 13.5 Å². The Kier molecular flexibility index (Phi) is 8.13. The average Bonchev–Trinajstić information content (AvgIpc) is 3.37. The van der Waals surface area contributed by atoms with Gasteiger partial charge in [0.05, 0.1) is 46.5 Å². The van der Waals surface area contributed by atoms with Crippen LogP contribution in [0, 0.1) is 0 Å². The summed E-state index contributed by atoms with van der Waals surface area (Å²) in [7, 11) is -3.67. The lowest BCUT2D eigenvalue weighted by atomic mass is 10.2. The monoisotopic (exact) mass is 515 g/mol. The summed E-state index contributed by atoms with van der Waals surface area (Å²) >= 11 is 7.07. The minimum Gasteiger partial charge on any atom is -0.442 e. The molecule has 14 heteroatoms. The fourth-order valence-corrected chi connectivity index (χ4v) is 4.01. The van der Waals surface area contributed by atoms with Gasteiger partial charge in [-0.3, -0.25) is 19.3 Å². The molecule has 1 saturated heterocycles. The van der Waals surface area contributed by atoms with Crippen molar-refractivity contribution >= 4 is 62.8 Å². The van der Waals surface area contributed by atoms with Crippen LogP contribution in [0.15, 0.2) is 41.5 Å². The van der Waals surface area contributed by atoms with E-state index in [2.05, 4.69) is 15.7 Å². The highest BCUT2D eigenvalue weighted by Crippen LogP contribution is 2.32. The maximum atomic E-state index is 12.4. The number of anilines is 2. The first-order chi connectivity index (χ1) is 15.6. The van der Waals surface area contributed by atoms with E-state index in [0.717, 1.165) is 17.9 Å². The topological polar surface area (TPSA) is 141 Å². The maximum absolute atomic E-state index is 12.4. The van der Waals surface area contributed by atoms with Gasteiger partial charge in [-0.25, -0.2) is 4.79 Å². The maximum Gasteiger partial charge on any atom is 0.414 e. The smallest absolute Gasteiger partial charge is 0.414 e. The number of hydrogen-bond donors (Lipinski definition) is 3. The average molecular weight is 516 g/mol. The lowest BCUT2D eigenvalue weighted by Crippen LogP contribution is -2.36. The van der Waals surface area contributed by atoms with E-state index >= 15 is 0 Å². The third-order valence-corrected chi connectivity index (χ3v) is 5.60. The first-order valence-electron chi connectivity index (χ1n) is 9.68. The molecular weight excluding hydrogens is 494 g/mol. The summed E-state index contributed by atoms with van der Waals surface area (Å²) in [5, 5.41) is 12.0. The van der Waals surface area contributed by atoms with Crippen LogP contribution in [0.4, 0.5) is 16.2 Å². The van der Waals surface area contributed by atoms with E-state index in [1.54, 1.807) is 23.4 Å². The fraction of sp³-hybridized carbons (Fsp3) is 0.316. The van der Waals surface area contributed by atoms with Gasteiger partial charge in [0.15, 0.2) is 0 Å². The predicted octanol–water partition coefficient (Wildman–Crippen LogP) is 2.01. The van der Waals surface area contributed by atoms with Crippen LogP contribution in [0.25, 0.3) is 0 Å². The Morgan fingerprint density at radius 2 is 2.03 bits per heavy atom. The van der Waals surface area contributed by atoms with Gasteiger partial charge in [0.2, 0.25) is 0 Å². The van der Waals surface area contributed by atoms with Crippen LogP contribution in [0.1, 0.15) is 9.67 Å². The zero-order valence-corrected chi connectivity index (χ0v) is 19.9.